The highest BCUT2D eigenvalue weighted by Crippen LogP contribution is 2.14. The van der Waals surface area contributed by atoms with Gasteiger partial charge in [0.25, 0.3) is 0 Å². The Bertz CT molecular complexity index is 501. The molecule has 5 nitrogen and oxygen atoms in total. The van der Waals surface area contributed by atoms with Crippen molar-refractivity contribution < 1.29 is 4.74 Å². The molecule has 0 atom stereocenters. The maximum absolute atomic E-state index is 5.45. The molecular formula is C19H33IN4O. The first-order valence-electron chi connectivity index (χ1n) is 8.93. The summed E-state index contributed by atoms with van der Waals surface area (Å²) in [7, 11) is 1.83. The zero-order valence-corrected chi connectivity index (χ0v) is 18.1. The normalized spacial score (nSPS) is 16.2. The van der Waals surface area contributed by atoms with Crippen molar-refractivity contribution >= 4 is 29.9 Å². The van der Waals surface area contributed by atoms with Crippen molar-refractivity contribution in [3.8, 4) is 0 Å². The van der Waals surface area contributed by atoms with Crippen LogP contribution < -0.4 is 10.6 Å². The average Bonchev–Trinajstić information content (AvgIpc) is 2.63. The molecule has 0 amide bonds. The molecule has 6 heteroatoms. The smallest absolute Gasteiger partial charge is 0.191 e. The van der Waals surface area contributed by atoms with Crippen molar-refractivity contribution in [3.05, 3.63) is 35.9 Å². The van der Waals surface area contributed by atoms with E-state index in [1.807, 2.05) is 7.05 Å². The summed E-state index contributed by atoms with van der Waals surface area (Å²) in [6.07, 6.45) is 2.18. The van der Waals surface area contributed by atoms with Crippen LogP contribution in [0.15, 0.2) is 35.3 Å². The van der Waals surface area contributed by atoms with Gasteiger partial charge < -0.3 is 15.4 Å². The number of guanidine groups is 1. The van der Waals surface area contributed by atoms with Crippen molar-refractivity contribution in [1.29, 1.82) is 0 Å². The van der Waals surface area contributed by atoms with Gasteiger partial charge in [0.1, 0.15) is 0 Å². The van der Waals surface area contributed by atoms with Gasteiger partial charge in [-0.1, -0.05) is 30.3 Å². The zero-order valence-electron chi connectivity index (χ0n) is 15.8. The lowest BCUT2D eigenvalue weighted by molar-refractivity contribution is -0.00833. The third-order valence-corrected chi connectivity index (χ3v) is 4.56. The van der Waals surface area contributed by atoms with E-state index in [0.29, 0.717) is 0 Å². The molecule has 1 aromatic rings. The minimum absolute atomic E-state index is 0. The first-order valence-corrected chi connectivity index (χ1v) is 8.93. The molecule has 0 bridgehead atoms. The van der Waals surface area contributed by atoms with E-state index in [4.69, 9.17) is 4.74 Å². The molecule has 25 heavy (non-hydrogen) atoms. The number of hydrogen-bond donors (Lipinski definition) is 2. The number of nitrogens with one attached hydrogen (secondary N) is 2. The quantitative estimate of drug-likeness (QED) is 0.284. The van der Waals surface area contributed by atoms with E-state index < -0.39 is 0 Å². The van der Waals surface area contributed by atoms with Crippen LogP contribution >= 0.6 is 24.0 Å². The first-order chi connectivity index (χ1) is 11.6. The Morgan fingerprint density at radius 2 is 1.84 bits per heavy atom. The van der Waals surface area contributed by atoms with Gasteiger partial charge in [-0.15, -0.1) is 24.0 Å². The molecule has 142 valence electrons. The van der Waals surface area contributed by atoms with E-state index in [2.05, 4.69) is 64.7 Å². The summed E-state index contributed by atoms with van der Waals surface area (Å²) in [5, 5.41) is 6.87. The van der Waals surface area contributed by atoms with Crippen LogP contribution in [0.4, 0.5) is 0 Å². The topological polar surface area (TPSA) is 48.9 Å². The largest absolute Gasteiger partial charge is 0.379 e. The number of rotatable bonds is 7. The third-order valence-electron chi connectivity index (χ3n) is 4.56. The molecule has 2 rings (SSSR count). The Labute approximate surface area is 169 Å². The highest BCUT2D eigenvalue weighted by atomic mass is 127. The van der Waals surface area contributed by atoms with Crippen LogP contribution in [0.5, 0.6) is 0 Å². The van der Waals surface area contributed by atoms with Gasteiger partial charge in [-0.3, -0.25) is 9.89 Å². The zero-order chi connectivity index (χ0) is 17.3. The molecule has 1 aliphatic rings. The first kappa shape index (κ1) is 22.2. The second-order valence-electron chi connectivity index (χ2n) is 6.85. The predicted octanol–water partition coefficient (Wildman–Crippen LogP) is 2.51. The van der Waals surface area contributed by atoms with Gasteiger partial charge in [0.15, 0.2) is 5.96 Å². The van der Waals surface area contributed by atoms with Gasteiger partial charge in [0.2, 0.25) is 0 Å². The number of halogens is 1. The van der Waals surface area contributed by atoms with Gasteiger partial charge in [-0.2, -0.15) is 0 Å². The minimum Gasteiger partial charge on any atom is -0.379 e. The number of nitrogens with zero attached hydrogens (tertiary/aromatic N) is 2. The Morgan fingerprint density at radius 3 is 2.48 bits per heavy atom. The van der Waals surface area contributed by atoms with Crippen LogP contribution in [0.1, 0.15) is 25.8 Å². The SMILES string of the molecule is CN=C(NCCCc1ccccc1)NCC(C)(C)N1CCOCC1.I. The van der Waals surface area contributed by atoms with Crippen molar-refractivity contribution in [2.24, 2.45) is 4.99 Å². The van der Waals surface area contributed by atoms with Gasteiger partial charge >= 0.3 is 0 Å². The monoisotopic (exact) mass is 460 g/mol. The molecule has 1 heterocycles. The number of hydrogen-bond acceptors (Lipinski definition) is 3. The molecule has 1 aliphatic heterocycles. The summed E-state index contributed by atoms with van der Waals surface area (Å²) in [6.45, 7) is 9.99. The summed E-state index contributed by atoms with van der Waals surface area (Å²) in [4.78, 5) is 6.81. The summed E-state index contributed by atoms with van der Waals surface area (Å²) < 4.78 is 5.45. The molecule has 1 saturated heterocycles. The van der Waals surface area contributed by atoms with E-state index in [-0.39, 0.29) is 29.5 Å². The summed E-state index contributed by atoms with van der Waals surface area (Å²) >= 11 is 0. The molecule has 0 saturated carbocycles. The van der Waals surface area contributed by atoms with Crippen molar-refractivity contribution in [3.63, 3.8) is 0 Å². The van der Waals surface area contributed by atoms with Gasteiger partial charge in [0.05, 0.1) is 13.2 Å². The molecule has 1 aromatic carbocycles. The number of ether oxygens (including phenoxy) is 1. The van der Waals surface area contributed by atoms with Gasteiger partial charge in [0, 0.05) is 38.8 Å². The Balaban J connectivity index is 0.00000312. The molecule has 0 aromatic heterocycles. The highest BCUT2D eigenvalue weighted by molar-refractivity contribution is 14.0. The van der Waals surface area contributed by atoms with Crippen molar-refractivity contribution in [2.45, 2.75) is 32.2 Å². The van der Waals surface area contributed by atoms with Crippen LogP contribution in [-0.4, -0.2) is 62.8 Å². The van der Waals surface area contributed by atoms with Gasteiger partial charge in [-0.05, 0) is 32.3 Å². The fraction of sp³-hybridized carbons (Fsp3) is 0.632. The Kier molecular flexibility index (Phi) is 10.4. The molecule has 2 N–H and O–H groups in total. The molecule has 1 fully saturated rings. The van der Waals surface area contributed by atoms with E-state index in [0.717, 1.165) is 58.2 Å². The van der Waals surface area contributed by atoms with Crippen LogP contribution in [0.3, 0.4) is 0 Å². The van der Waals surface area contributed by atoms with E-state index >= 15 is 0 Å². The van der Waals surface area contributed by atoms with Crippen LogP contribution in [0.2, 0.25) is 0 Å². The number of aryl methyl sites for hydroxylation is 1. The molecule has 0 radical (unpaired) electrons. The Morgan fingerprint density at radius 1 is 1.16 bits per heavy atom. The fourth-order valence-electron chi connectivity index (χ4n) is 2.95. The molecule has 0 unspecified atom stereocenters. The third kappa shape index (κ3) is 7.92. The fourth-order valence-corrected chi connectivity index (χ4v) is 2.95. The van der Waals surface area contributed by atoms with Crippen molar-refractivity contribution in [2.75, 3.05) is 46.4 Å². The van der Waals surface area contributed by atoms with E-state index in [1.165, 1.54) is 5.56 Å². The lowest BCUT2D eigenvalue weighted by atomic mass is 10.0. The van der Waals surface area contributed by atoms with Crippen LogP contribution in [-0.2, 0) is 11.2 Å². The number of benzene rings is 1. The van der Waals surface area contributed by atoms with Crippen LogP contribution in [0, 0.1) is 0 Å². The Hall–Kier alpha value is -0.860. The maximum Gasteiger partial charge on any atom is 0.191 e. The lowest BCUT2D eigenvalue weighted by Crippen LogP contribution is -2.56. The summed E-state index contributed by atoms with van der Waals surface area (Å²) in [5.41, 5.74) is 1.47. The predicted molar refractivity (Wildman–Crippen MR) is 116 cm³/mol. The summed E-state index contributed by atoms with van der Waals surface area (Å²) in [5.74, 6) is 0.879. The van der Waals surface area contributed by atoms with Crippen molar-refractivity contribution in [1.82, 2.24) is 15.5 Å². The second kappa shape index (κ2) is 11.7. The average molecular weight is 460 g/mol. The lowest BCUT2D eigenvalue weighted by Gasteiger charge is -2.41. The van der Waals surface area contributed by atoms with E-state index in [1.54, 1.807) is 0 Å². The highest BCUT2D eigenvalue weighted by Gasteiger charge is 2.28. The number of aliphatic imine (C=N–C) groups is 1. The second-order valence-corrected chi connectivity index (χ2v) is 6.85. The standard InChI is InChI=1S/C19H32N4O.HI/c1-19(2,23-12-14-24-15-13-23)16-22-18(20-3)21-11-7-10-17-8-5-4-6-9-17;/h4-6,8-9H,7,10-16H2,1-3H3,(H2,20,21,22);1H. The van der Waals surface area contributed by atoms with Gasteiger partial charge in [-0.25, -0.2) is 0 Å². The molecular weight excluding hydrogens is 427 g/mol. The summed E-state index contributed by atoms with van der Waals surface area (Å²) in [6, 6.07) is 10.6. The molecule has 0 aliphatic carbocycles. The van der Waals surface area contributed by atoms with Crippen LogP contribution in [0.25, 0.3) is 0 Å². The maximum atomic E-state index is 5.45. The number of morpholine rings is 1. The minimum atomic E-state index is 0. The van der Waals surface area contributed by atoms with E-state index in [9.17, 15) is 0 Å². The molecule has 0 spiro atoms.